The summed E-state index contributed by atoms with van der Waals surface area (Å²) in [5.41, 5.74) is 1.35. The molecule has 0 aromatic heterocycles. The van der Waals surface area contributed by atoms with Gasteiger partial charge < -0.3 is 10.1 Å². The van der Waals surface area contributed by atoms with E-state index in [2.05, 4.69) is 9.50 Å². The minimum Gasteiger partial charge on any atom is -0.444 e. The zero-order valence-corrected chi connectivity index (χ0v) is 15.2. The van der Waals surface area contributed by atoms with Crippen LogP contribution in [-0.2, 0) is 23.8 Å². The van der Waals surface area contributed by atoms with Gasteiger partial charge in [0.15, 0.2) is 0 Å². The van der Waals surface area contributed by atoms with Crippen LogP contribution >= 0.6 is 11.8 Å². The van der Waals surface area contributed by atoms with Gasteiger partial charge in [0.05, 0.1) is 30.8 Å². The number of ether oxygens (including phenoxy) is 1. The number of hydrogen-bond acceptors (Lipinski definition) is 7. The van der Waals surface area contributed by atoms with Crippen LogP contribution in [0.4, 0.5) is 16.2 Å². The van der Waals surface area contributed by atoms with Crippen LogP contribution in [0.2, 0.25) is 0 Å². The molecule has 2 aliphatic rings. The summed E-state index contributed by atoms with van der Waals surface area (Å²) in [7, 11) is -3.45. The minimum atomic E-state index is -3.45. The van der Waals surface area contributed by atoms with E-state index in [0.717, 1.165) is 11.2 Å². The van der Waals surface area contributed by atoms with Crippen molar-refractivity contribution in [3.63, 3.8) is 0 Å². The number of nitrogens with zero attached hydrogens (tertiary/aromatic N) is 1. The van der Waals surface area contributed by atoms with Crippen LogP contribution in [0.3, 0.4) is 0 Å². The van der Waals surface area contributed by atoms with Gasteiger partial charge in [0.25, 0.3) is 10.1 Å². The molecular formula is C15H18N2O6S2. The molecule has 1 atom stereocenters. The zero-order chi connectivity index (χ0) is 18.0. The Morgan fingerprint density at radius 3 is 2.96 bits per heavy atom. The van der Waals surface area contributed by atoms with E-state index in [1.807, 2.05) is 12.1 Å². The van der Waals surface area contributed by atoms with E-state index in [1.165, 1.54) is 16.7 Å². The van der Waals surface area contributed by atoms with Gasteiger partial charge in [-0.3, -0.25) is 13.9 Å². The highest BCUT2D eigenvalue weighted by Crippen LogP contribution is 2.35. The lowest BCUT2D eigenvalue weighted by atomic mass is 10.2. The molecule has 25 heavy (non-hydrogen) atoms. The monoisotopic (exact) mass is 386 g/mol. The van der Waals surface area contributed by atoms with Crippen molar-refractivity contribution >= 4 is 45.3 Å². The van der Waals surface area contributed by atoms with E-state index in [-0.39, 0.29) is 18.6 Å². The van der Waals surface area contributed by atoms with E-state index in [1.54, 1.807) is 6.07 Å². The molecule has 10 heteroatoms. The van der Waals surface area contributed by atoms with Gasteiger partial charge in [-0.2, -0.15) is 8.42 Å². The van der Waals surface area contributed by atoms with Gasteiger partial charge >= 0.3 is 6.09 Å². The van der Waals surface area contributed by atoms with Crippen LogP contribution in [0.5, 0.6) is 0 Å². The predicted molar refractivity (Wildman–Crippen MR) is 93.4 cm³/mol. The largest absolute Gasteiger partial charge is 0.444 e. The summed E-state index contributed by atoms with van der Waals surface area (Å²) in [6.45, 7) is 0.437. The van der Waals surface area contributed by atoms with Gasteiger partial charge in [0.1, 0.15) is 6.10 Å². The van der Waals surface area contributed by atoms with Gasteiger partial charge in [0.2, 0.25) is 5.91 Å². The number of cyclic esters (lactones) is 1. The smallest absolute Gasteiger partial charge is 0.414 e. The summed E-state index contributed by atoms with van der Waals surface area (Å²) in [5.74, 6) is 0.317. The third-order valence-corrected chi connectivity index (χ3v) is 5.42. The maximum atomic E-state index is 12.1. The van der Waals surface area contributed by atoms with E-state index in [9.17, 15) is 18.0 Å². The lowest BCUT2D eigenvalue weighted by Crippen LogP contribution is -2.25. The minimum absolute atomic E-state index is 0.0645. The molecule has 0 radical (unpaired) electrons. The second kappa shape index (κ2) is 7.22. The van der Waals surface area contributed by atoms with Crippen molar-refractivity contribution in [3.05, 3.63) is 18.2 Å². The highest BCUT2D eigenvalue weighted by atomic mass is 32.2. The normalized spacial score (nSPS) is 20.2. The molecular weight excluding hydrogens is 368 g/mol. The fraction of sp³-hybridized carbons (Fsp3) is 0.467. The Morgan fingerprint density at radius 2 is 2.20 bits per heavy atom. The number of carbonyl (C=O) groups is 2. The molecule has 0 unspecified atom stereocenters. The standard InChI is InChI=1S/C15H18N2O6S2/c1-25(20,21)22-6-2-3-11-8-17(15(19)23-11)10-4-5-13-12(7-10)16-14(18)9-24-13/h4-5,7,11H,2-3,6,8-9H2,1H3,(H,16,18)/t11-/m0/s1. The fourth-order valence-corrected chi connectivity index (χ4v) is 3.85. The van der Waals surface area contributed by atoms with Crippen molar-refractivity contribution in [2.75, 3.05) is 35.4 Å². The number of rotatable bonds is 6. The topological polar surface area (TPSA) is 102 Å². The summed E-state index contributed by atoms with van der Waals surface area (Å²) < 4.78 is 31.8. The Hall–Kier alpha value is -1.78. The van der Waals surface area contributed by atoms with E-state index < -0.39 is 16.2 Å². The first-order valence-electron chi connectivity index (χ1n) is 7.71. The Balaban J connectivity index is 1.59. The maximum absolute atomic E-state index is 12.1. The number of nitrogens with one attached hydrogen (secondary N) is 1. The molecule has 8 nitrogen and oxygen atoms in total. The molecule has 1 fully saturated rings. The first-order valence-corrected chi connectivity index (χ1v) is 10.5. The van der Waals surface area contributed by atoms with Crippen molar-refractivity contribution in [2.24, 2.45) is 0 Å². The lowest BCUT2D eigenvalue weighted by Gasteiger charge is -2.19. The Kier molecular flexibility index (Phi) is 5.21. The SMILES string of the molecule is CS(=O)(=O)OCCC[C@H]1CN(c2ccc3c(c2)NC(=O)CS3)C(=O)O1. The van der Waals surface area contributed by atoms with Crippen molar-refractivity contribution < 1.29 is 26.9 Å². The molecule has 1 aromatic carbocycles. The predicted octanol–water partition coefficient (Wildman–Crippen LogP) is 1.81. The summed E-state index contributed by atoms with van der Waals surface area (Å²) in [6.07, 6.45) is 1.20. The van der Waals surface area contributed by atoms with E-state index in [4.69, 9.17) is 4.74 Å². The van der Waals surface area contributed by atoms with E-state index in [0.29, 0.717) is 36.5 Å². The van der Waals surface area contributed by atoms with Crippen LogP contribution in [0.25, 0.3) is 0 Å². The number of fused-ring (bicyclic) bond motifs is 1. The highest BCUT2D eigenvalue weighted by Gasteiger charge is 2.32. The Labute approximate surface area is 150 Å². The molecule has 0 bridgehead atoms. The second-order valence-electron chi connectivity index (χ2n) is 5.80. The van der Waals surface area contributed by atoms with Crippen molar-refractivity contribution in [1.82, 2.24) is 0 Å². The number of hydrogen-bond donors (Lipinski definition) is 1. The van der Waals surface area contributed by atoms with E-state index >= 15 is 0 Å². The molecule has 0 aliphatic carbocycles. The lowest BCUT2D eigenvalue weighted by molar-refractivity contribution is -0.113. The molecule has 0 saturated carbocycles. The number of benzene rings is 1. The number of anilines is 2. The molecule has 1 saturated heterocycles. The van der Waals surface area contributed by atoms with Crippen LogP contribution in [0.1, 0.15) is 12.8 Å². The quantitative estimate of drug-likeness (QED) is 0.587. The van der Waals surface area contributed by atoms with Gasteiger partial charge in [-0.25, -0.2) is 4.79 Å². The molecule has 2 aliphatic heterocycles. The van der Waals surface area contributed by atoms with Gasteiger partial charge in [-0.05, 0) is 31.0 Å². The Morgan fingerprint density at radius 1 is 1.40 bits per heavy atom. The average Bonchev–Trinajstić information content (AvgIpc) is 2.91. The Bertz CT molecular complexity index is 795. The van der Waals surface area contributed by atoms with Crippen molar-refractivity contribution in [3.8, 4) is 0 Å². The first kappa shape index (κ1) is 18.0. The zero-order valence-electron chi connectivity index (χ0n) is 13.6. The summed E-state index contributed by atoms with van der Waals surface area (Å²) in [6, 6.07) is 5.45. The molecule has 2 heterocycles. The van der Waals surface area contributed by atoms with Crippen LogP contribution < -0.4 is 10.2 Å². The molecule has 1 N–H and O–H groups in total. The number of amides is 2. The maximum Gasteiger partial charge on any atom is 0.414 e. The summed E-state index contributed by atoms with van der Waals surface area (Å²) in [4.78, 5) is 26.1. The molecule has 3 rings (SSSR count). The van der Waals surface area contributed by atoms with Crippen LogP contribution in [-0.4, -0.2) is 51.7 Å². The molecule has 136 valence electrons. The molecule has 0 spiro atoms. The highest BCUT2D eigenvalue weighted by molar-refractivity contribution is 8.00. The number of carbonyl (C=O) groups excluding carboxylic acids is 2. The second-order valence-corrected chi connectivity index (χ2v) is 8.46. The summed E-state index contributed by atoms with van der Waals surface area (Å²) >= 11 is 1.46. The fourth-order valence-electron chi connectivity index (χ4n) is 2.64. The van der Waals surface area contributed by atoms with Crippen molar-refractivity contribution in [2.45, 2.75) is 23.8 Å². The van der Waals surface area contributed by atoms with Crippen LogP contribution in [0, 0.1) is 0 Å². The molecule has 1 aromatic rings. The average molecular weight is 386 g/mol. The first-order chi connectivity index (χ1) is 11.8. The third kappa shape index (κ3) is 4.65. The molecule has 2 amide bonds. The van der Waals surface area contributed by atoms with Gasteiger partial charge in [-0.1, -0.05) is 0 Å². The van der Waals surface area contributed by atoms with Crippen molar-refractivity contribution in [1.29, 1.82) is 0 Å². The summed E-state index contributed by atoms with van der Waals surface area (Å²) in [5, 5.41) is 2.79. The van der Waals surface area contributed by atoms with Gasteiger partial charge in [-0.15, -0.1) is 11.8 Å². The number of thioether (sulfide) groups is 1. The van der Waals surface area contributed by atoms with Gasteiger partial charge in [0, 0.05) is 10.6 Å². The third-order valence-electron chi connectivity index (χ3n) is 3.75. The van der Waals surface area contributed by atoms with Crippen LogP contribution in [0.15, 0.2) is 23.1 Å².